The number of ether oxygens (including phenoxy) is 1. The molecule has 3 aromatic carbocycles. The normalized spacial score (nSPS) is 10.6. The molecule has 0 fully saturated rings. The highest BCUT2D eigenvalue weighted by molar-refractivity contribution is 9.10. The van der Waals surface area contributed by atoms with Crippen molar-refractivity contribution in [3.8, 4) is 17.2 Å². The number of aromatic nitrogens is 1. The number of rotatable bonds is 7. The molecule has 0 saturated heterocycles. The molecule has 4 rings (SSSR count). The summed E-state index contributed by atoms with van der Waals surface area (Å²) in [6.07, 6.45) is 0.228. The van der Waals surface area contributed by atoms with Crippen molar-refractivity contribution >= 4 is 38.6 Å². The van der Waals surface area contributed by atoms with E-state index >= 15 is 0 Å². The predicted molar refractivity (Wildman–Crippen MR) is 141 cm³/mol. The SMILES string of the molecule is COC(=O)c1c(-c2ccccc2)c2cc(Br)ccc2c(=O)n1Cc1ccc(C(=O)NCCC#N)cc1. The van der Waals surface area contributed by atoms with Crippen molar-refractivity contribution in [3.63, 3.8) is 0 Å². The third kappa shape index (κ3) is 5.07. The van der Waals surface area contributed by atoms with Crippen LogP contribution in [0.2, 0.25) is 0 Å². The first-order chi connectivity index (χ1) is 17.4. The standard InChI is InChI=1S/C28H22BrN3O4/c1-36-28(35)25-24(19-6-3-2-4-7-19)23-16-21(29)12-13-22(23)27(34)32(25)17-18-8-10-20(11-9-18)26(33)31-15-5-14-30/h2-4,6-13,16H,5,15,17H2,1H3,(H,31,33). The van der Waals surface area contributed by atoms with Gasteiger partial charge in [0.2, 0.25) is 0 Å². The number of nitrogens with one attached hydrogen (secondary N) is 1. The van der Waals surface area contributed by atoms with Gasteiger partial charge < -0.3 is 10.1 Å². The van der Waals surface area contributed by atoms with E-state index in [4.69, 9.17) is 10.00 Å². The summed E-state index contributed by atoms with van der Waals surface area (Å²) < 4.78 is 7.33. The van der Waals surface area contributed by atoms with Gasteiger partial charge in [-0.15, -0.1) is 0 Å². The Morgan fingerprint density at radius 2 is 1.75 bits per heavy atom. The number of fused-ring (bicyclic) bond motifs is 1. The highest BCUT2D eigenvalue weighted by atomic mass is 79.9. The molecule has 0 saturated carbocycles. The van der Waals surface area contributed by atoms with Crippen molar-refractivity contribution in [2.45, 2.75) is 13.0 Å². The number of nitriles is 1. The zero-order chi connectivity index (χ0) is 25.7. The highest BCUT2D eigenvalue weighted by Gasteiger charge is 2.24. The second-order valence-corrected chi connectivity index (χ2v) is 8.94. The van der Waals surface area contributed by atoms with Crippen LogP contribution in [-0.4, -0.2) is 30.1 Å². The van der Waals surface area contributed by atoms with Gasteiger partial charge in [0, 0.05) is 27.5 Å². The number of halogens is 1. The van der Waals surface area contributed by atoms with Gasteiger partial charge in [-0.2, -0.15) is 5.26 Å². The largest absolute Gasteiger partial charge is 0.464 e. The summed E-state index contributed by atoms with van der Waals surface area (Å²) in [5.74, 6) is -0.909. The molecule has 1 heterocycles. The molecule has 0 atom stereocenters. The zero-order valence-corrected chi connectivity index (χ0v) is 21.0. The van der Waals surface area contributed by atoms with Gasteiger partial charge in [0.15, 0.2) is 0 Å². The average Bonchev–Trinajstić information content (AvgIpc) is 2.90. The average molecular weight is 544 g/mol. The van der Waals surface area contributed by atoms with Crippen LogP contribution in [0.3, 0.4) is 0 Å². The van der Waals surface area contributed by atoms with Crippen LogP contribution in [0, 0.1) is 11.3 Å². The third-order valence-corrected chi connectivity index (χ3v) is 6.25. The molecular formula is C28H22BrN3O4. The maximum Gasteiger partial charge on any atom is 0.355 e. The van der Waals surface area contributed by atoms with Crippen LogP contribution >= 0.6 is 15.9 Å². The molecular weight excluding hydrogens is 522 g/mol. The lowest BCUT2D eigenvalue weighted by Gasteiger charge is -2.19. The van der Waals surface area contributed by atoms with Gasteiger partial charge in [-0.1, -0.05) is 58.4 Å². The third-order valence-electron chi connectivity index (χ3n) is 5.75. The van der Waals surface area contributed by atoms with Crippen molar-refractivity contribution in [2.24, 2.45) is 0 Å². The lowest BCUT2D eigenvalue weighted by Crippen LogP contribution is -2.28. The maximum atomic E-state index is 13.6. The molecule has 0 aliphatic heterocycles. The summed E-state index contributed by atoms with van der Waals surface area (Å²) in [4.78, 5) is 39.0. The minimum absolute atomic E-state index is 0.103. The lowest BCUT2D eigenvalue weighted by atomic mass is 9.96. The number of benzene rings is 3. The molecule has 1 amide bonds. The van der Waals surface area contributed by atoms with Gasteiger partial charge in [-0.25, -0.2) is 4.79 Å². The van der Waals surface area contributed by atoms with Crippen LogP contribution in [-0.2, 0) is 11.3 Å². The smallest absolute Gasteiger partial charge is 0.355 e. The van der Waals surface area contributed by atoms with Crippen LogP contribution in [0.4, 0.5) is 0 Å². The molecule has 8 heteroatoms. The Morgan fingerprint density at radius 3 is 2.42 bits per heavy atom. The molecule has 1 aromatic heterocycles. The number of hydrogen-bond acceptors (Lipinski definition) is 5. The highest BCUT2D eigenvalue weighted by Crippen LogP contribution is 2.33. The minimum Gasteiger partial charge on any atom is -0.464 e. The van der Waals surface area contributed by atoms with E-state index in [0.717, 1.165) is 15.6 Å². The first kappa shape index (κ1) is 24.9. The van der Waals surface area contributed by atoms with Crippen LogP contribution < -0.4 is 10.9 Å². The molecule has 7 nitrogen and oxygen atoms in total. The molecule has 4 aromatic rings. The van der Waals surface area contributed by atoms with Crippen molar-refractivity contribution in [1.29, 1.82) is 5.26 Å². The van der Waals surface area contributed by atoms with Gasteiger partial charge in [-0.3, -0.25) is 14.2 Å². The van der Waals surface area contributed by atoms with Crippen LogP contribution in [0.5, 0.6) is 0 Å². The summed E-state index contributed by atoms with van der Waals surface area (Å²) >= 11 is 3.48. The van der Waals surface area contributed by atoms with Crippen molar-refractivity contribution in [3.05, 3.63) is 104 Å². The molecule has 1 N–H and O–H groups in total. The lowest BCUT2D eigenvalue weighted by molar-refractivity contribution is 0.0588. The Kier molecular flexibility index (Phi) is 7.62. The summed E-state index contributed by atoms with van der Waals surface area (Å²) in [5, 5.41) is 12.4. The molecule has 0 radical (unpaired) electrons. The van der Waals surface area contributed by atoms with E-state index in [2.05, 4.69) is 21.2 Å². The Balaban J connectivity index is 1.86. The molecule has 0 aliphatic rings. The molecule has 0 bridgehead atoms. The van der Waals surface area contributed by atoms with Crippen LogP contribution in [0.25, 0.3) is 21.9 Å². The quantitative estimate of drug-likeness (QED) is 0.263. The first-order valence-electron chi connectivity index (χ1n) is 11.2. The van der Waals surface area contributed by atoms with Crippen LogP contribution in [0.15, 0.2) is 82.1 Å². The second-order valence-electron chi connectivity index (χ2n) is 8.02. The molecule has 180 valence electrons. The van der Waals surface area contributed by atoms with Gasteiger partial charge in [0.1, 0.15) is 5.69 Å². The van der Waals surface area contributed by atoms with E-state index < -0.39 is 5.97 Å². The number of nitrogens with zero attached hydrogens (tertiary/aromatic N) is 2. The van der Waals surface area contributed by atoms with Crippen molar-refractivity contribution in [2.75, 3.05) is 13.7 Å². The van der Waals surface area contributed by atoms with E-state index in [1.54, 1.807) is 36.4 Å². The Bertz CT molecular complexity index is 1540. The topological polar surface area (TPSA) is 101 Å². The van der Waals surface area contributed by atoms with Gasteiger partial charge in [0.25, 0.3) is 11.5 Å². The Morgan fingerprint density at radius 1 is 1.03 bits per heavy atom. The van der Waals surface area contributed by atoms with E-state index in [9.17, 15) is 14.4 Å². The van der Waals surface area contributed by atoms with E-state index in [1.165, 1.54) is 11.7 Å². The number of hydrogen-bond donors (Lipinski definition) is 1. The summed E-state index contributed by atoms with van der Waals surface area (Å²) in [5.41, 5.74) is 2.37. The maximum absolute atomic E-state index is 13.6. The Labute approximate surface area is 216 Å². The number of amides is 1. The molecule has 0 unspecified atom stereocenters. The number of carbonyl (C=O) groups is 2. The van der Waals surface area contributed by atoms with E-state index in [1.807, 2.05) is 42.5 Å². The minimum atomic E-state index is -0.624. The number of esters is 1. The number of carbonyl (C=O) groups excluding carboxylic acids is 2. The fraction of sp³-hybridized carbons (Fsp3) is 0.143. The summed E-state index contributed by atoms with van der Waals surface area (Å²) in [6, 6.07) is 23.5. The van der Waals surface area contributed by atoms with Gasteiger partial charge >= 0.3 is 5.97 Å². The van der Waals surface area contributed by atoms with Crippen LogP contribution in [0.1, 0.15) is 32.8 Å². The fourth-order valence-electron chi connectivity index (χ4n) is 4.05. The molecule has 36 heavy (non-hydrogen) atoms. The van der Waals surface area contributed by atoms with Gasteiger partial charge in [0.05, 0.1) is 26.1 Å². The molecule has 0 aliphatic carbocycles. The van der Waals surface area contributed by atoms with Crippen molar-refractivity contribution in [1.82, 2.24) is 9.88 Å². The number of methoxy groups -OCH3 is 1. The molecule has 0 spiro atoms. The zero-order valence-electron chi connectivity index (χ0n) is 19.5. The number of pyridine rings is 1. The van der Waals surface area contributed by atoms with E-state index in [0.29, 0.717) is 21.9 Å². The summed E-state index contributed by atoms with van der Waals surface area (Å²) in [7, 11) is 1.29. The first-order valence-corrected chi connectivity index (χ1v) is 12.0. The predicted octanol–water partition coefficient (Wildman–Crippen LogP) is 4.91. The monoisotopic (exact) mass is 543 g/mol. The van der Waals surface area contributed by atoms with Gasteiger partial charge in [-0.05, 0) is 46.8 Å². The summed E-state index contributed by atoms with van der Waals surface area (Å²) in [6.45, 7) is 0.371. The van der Waals surface area contributed by atoms with E-state index in [-0.39, 0.29) is 36.7 Å². The second kappa shape index (κ2) is 11.0. The van der Waals surface area contributed by atoms with Crippen molar-refractivity contribution < 1.29 is 14.3 Å². The fourth-order valence-corrected chi connectivity index (χ4v) is 4.42. The Hall–Kier alpha value is -4.22.